The Kier molecular flexibility index (Phi) is 1.28. The highest BCUT2D eigenvalue weighted by molar-refractivity contribution is 5.23. The quantitative estimate of drug-likeness (QED) is 0.369. The maximum atomic E-state index is 8.23. The van der Waals surface area contributed by atoms with E-state index >= 15 is 0 Å². The molecular formula is C6H4N6. The van der Waals surface area contributed by atoms with Gasteiger partial charge in [0.15, 0.2) is 0 Å². The Morgan fingerprint density at radius 2 is 2.00 bits per heavy atom. The summed E-state index contributed by atoms with van der Waals surface area (Å²) in [5, 5.41) is 10.8. The number of hydrogen-bond acceptors (Lipinski definition) is 4. The van der Waals surface area contributed by atoms with Gasteiger partial charge in [-0.3, -0.25) is 4.98 Å². The molecule has 2 heterocycles. The number of rotatable bonds is 2. The zero-order valence-corrected chi connectivity index (χ0v) is 5.99. The van der Waals surface area contributed by atoms with Crippen molar-refractivity contribution >= 4 is 0 Å². The van der Waals surface area contributed by atoms with Crippen molar-refractivity contribution in [2.45, 2.75) is 5.79 Å². The molecule has 0 radical (unpaired) electrons. The highest BCUT2D eigenvalue weighted by Crippen LogP contribution is 2.40. The van der Waals surface area contributed by atoms with Crippen molar-refractivity contribution in [3.05, 3.63) is 40.5 Å². The van der Waals surface area contributed by atoms with Gasteiger partial charge >= 0.3 is 0 Å². The fraction of sp³-hybridized carbons (Fsp3) is 0.167. The van der Waals surface area contributed by atoms with Crippen LogP contribution in [0.5, 0.6) is 0 Å². The van der Waals surface area contributed by atoms with E-state index in [0.29, 0.717) is 0 Å². The fourth-order valence-electron chi connectivity index (χ4n) is 0.898. The Morgan fingerprint density at radius 1 is 1.33 bits per heavy atom. The molecule has 1 aromatic heterocycles. The summed E-state index contributed by atoms with van der Waals surface area (Å²) in [4.78, 5) is 6.49. The largest absolute Gasteiger partial charge is 0.293 e. The molecule has 0 unspecified atom stereocenters. The first kappa shape index (κ1) is 6.75. The Labute approximate surface area is 67.6 Å². The van der Waals surface area contributed by atoms with E-state index in [1.165, 1.54) is 0 Å². The van der Waals surface area contributed by atoms with Crippen molar-refractivity contribution < 1.29 is 0 Å². The summed E-state index contributed by atoms with van der Waals surface area (Å²) >= 11 is 0. The molecule has 1 aliphatic rings. The van der Waals surface area contributed by atoms with Crippen LogP contribution in [0.15, 0.2) is 39.9 Å². The molecule has 0 saturated heterocycles. The lowest BCUT2D eigenvalue weighted by Crippen LogP contribution is -2.02. The number of pyridine rings is 1. The summed E-state index contributed by atoms with van der Waals surface area (Å²) in [5.41, 5.74) is 8.97. The SMILES string of the molecule is [N-]=[N+]=NC1(c2ccncc2)N=N1. The van der Waals surface area contributed by atoms with Crippen LogP contribution in [0.2, 0.25) is 0 Å². The van der Waals surface area contributed by atoms with Crippen molar-refractivity contribution in [2.75, 3.05) is 0 Å². The molecular weight excluding hydrogens is 156 g/mol. The van der Waals surface area contributed by atoms with E-state index in [0.717, 1.165) is 5.56 Å². The first-order chi connectivity index (χ1) is 5.87. The number of azide groups is 1. The van der Waals surface area contributed by atoms with Crippen molar-refractivity contribution in [1.82, 2.24) is 4.98 Å². The predicted octanol–water partition coefficient (Wildman–Crippen LogP) is 1.97. The second-order valence-corrected chi connectivity index (χ2v) is 2.26. The number of nitrogens with zero attached hydrogens (tertiary/aromatic N) is 6. The monoisotopic (exact) mass is 160 g/mol. The lowest BCUT2D eigenvalue weighted by atomic mass is 10.2. The van der Waals surface area contributed by atoms with Gasteiger partial charge in [0.1, 0.15) is 0 Å². The molecule has 0 N–H and O–H groups in total. The second kappa shape index (κ2) is 2.28. The van der Waals surface area contributed by atoms with Crippen molar-refractivity contribution in [3.63, 3.8) is 0 Å². The average Bonchev–Trinajstić information content (AvgIpc) is 2.88. The van der Waals surface area contributed by atoms with Crippen LogP contribution in [-0.2, 0) is 5.79 Å². The third-order valence-electron chi connectivity index (χ3n) is 1.54. The van der Waals surface area contributed by atoms with E-state index in [-0.39, 0.29) is 0 Å². The maximum Gasteiger partial charge on any atom is 0.293 e. The molecule has 1 aliphatic heterocycles. The van der Waals surface area contributed by atoms with Crippen LogP contribution in [0, 0.1) is 0 Å². The van der Waals surface area contributed by atoms with Gasteiger partial charge in [-0.25, -0.2) is 0 Å². The summed E-state index contributed by atoms with van der Waals surface area (Å²) in [7, 11) is 0. The zero-order valence-electron chi connectivity index (χ0n) is 5.99. The van der Waals surface area contributed by atoms with Gasteiger partial charge < -0.3 is 0 Å². The van der Waals surface area contributed by atoms with Gasteiger partial charge in [0.2, 0.25) is 0 Å². The second-order valence-electron chi connectivity index (χ2n) is 2.26. The summed E-state index contributed by atoms with van der Waals surface area (Å²) in [6.07, 6.45) is 3.21. The van der Waals surface area contributed by atoms with Gasteiger partial charge in [-0.15, -0.1) is 10.2 Å². The van der Waals surface area contributed by atoms with Gasteiger partial charge in [-0.05, 0) is 22.8 Å². The molecule has 0 fully saturated rings. The Hall–Kier alpha value is -1.94. The summed E-state index contributed by atoms with van der Waals surface area (Å²) < 4.78 is 0. The van der Waals surface area contributed by atoms with Gasteiger partial charge in [-0.2, -0.15) is 0 Å². The normalized spacial score (nSPS) is 16.7. The van der Waals surface area contributed by atoms with Gasteiger partial charge in [0.25, 0.3) is 5.79 Å². The minimum atomic E-state index is -0.988. The lowest BCUT2D eigenvalue weighted by molar-refractivity contribution is 0.676. The van der Waals surface area contributed by atoms with E-state index in [9.17, 15) is 0 Å². The van der Waals surface area contributed by atoms with Gasteiger partial charge in [-0.1, -0.05) is 0 Å². The predicted molar refractivity (Wildman–Crippen MR) is 39.9 cm³/mol. The van der Waals surface area contributed by atoms with E-state index < -0.39 is 5.79 Å². The zero-order chi connectivity index (χ0) is 8.44. The minimum absolute atomic E-state index is 0.746. The molecule has 0 amide bonds. The van der Waals surface area contributed by atoms with Gasteiger partial charge in [0, 0.05) is 22.9 Å². The molecule has 2 rings (SSSR count). The van der Waals surface area contributed by atoms with E-state index in [4.69, 9.17) is 5.53 Å². The van der Waals surface area contributed by atoms with Crippen LogP contribution in [-0.4, -0.2) is 4.98 Å². The van der Waals surface area contributed by atoms with Crippen molar-refractivity contribution in [1.29, 1.82) is 0 Å². The minimum Gasteiger partial charge on any atom is -0.265 e. The number of aromatic nitrogens is 1. The average molecular weight is 160 g/mol. The summed E-state index contributed by atoms with van der Waals surface area (Å²) in [6.45, 7) is 0. The molecule has 58 valence electrons. The molecule has 0 spiro atoms. The number of hydrogen-bond donors (Lipinski definition) is 0. The van der Waals surface area contributed by atoms with Crippen LogP contribution in [0.4, 0.5) is 0 Å². The fourth-order valence-corrected chi connectivity index (χ4v) is 0.898. The molecule has 0 saturated carbocycles. The molecule has 0 aromatic carbocycles. The molecule has 1 aromatic rings. The molecule has 0 bridgehead atoms. The molecule has 6 heteroatoms. The third kappa shape index (κ3) is 0.906. The third-order valence-corrected chi connectivity index (χ3v) is 1.54. The van der Waals surface area contributed by atoms with Crippen molar-refractivity contribution in [2.24, 2.45) is 15.3 Å². The smallest absolute Gasteiger partial charge is 0.265 e. The Morgan fingerprint density at radius 3 is 2.50 bits per heavy atom. The van der Waals surface area contributed by atoms with Crippen LogP contribution in [0.25, 0.3) is 10.4 Å². The maximum absolute atomic E-state index is 8.23. The van der Waals surface area contributed by atoms with E-state index in [1.807, 2.05) is 0 Å². The highest BCUT2D eigenvalue weighted by Gasteiger charge is 2.41. The summed E-state index contributed by atoms with van der Waals surface area (Å²) in [5.74, 6) is -0.988. The van der Waals surface area contributed by atoms with Crippen LogP contribution >= 0.6 is 0 Å². The highest BCUT2D eigenvalue weighted by atomic mass is 15.6. The topological polar surface area (TPSA) is 86.4 Å². The van der Waals surface area contributed by atoms with Crippen LogP contribution in [0.3, 0.4) is 0 Å². The van der Waals surface area contributed by atoms with Gasteiger partial charge in [0.05, 0.1) is 0 Å². The Bertz CT molecular complexity index is 357. The summed E-state index contributed by atoms with van der Waals surface area (Å²) in [6, 6.07) is 3.43. The molecule has 0 atom stereocenters. The standard InChI is InChI=1S/C6H4N6/c7-12-11-6(9-10-6)5-1-3-8-4-2-5/h1-4H. The Balaban J connectivity index is 2.37. The van der Waals surface area contributed by atoms with Crippen LogP contribution < -0.4 is 0 Å². The molecule has 0 aliphatic carbocycles. The van der Waals surface area contributed by atoms with Crippen molar-refractivity contribution in [3.8, 4) is 0 Å². The first-order valence-electron chi connectivity index (χ1n) is 3.28. The first-order valence-corrected chi connectivity index (χ1v) is 3.28. The molecule has 6 nitrogen and oxygen atoms in total. The molecule has 12 heavy (non-hydrogen) atoms. The van der Waals surface area contributed by atoms with Crippen LogP contribution in [0.1, 0.15) is 5.56 Å². The lowest BCUT2D eigenvalue weighted by Gasteiger charge is -2.00. The van der Waals surface area contributed by atoms with E-state index in [1.54, 1.807) is 24.5 Å². The van der Waals surface area contributed by atoms with E-state index in [2.05, 4.69) is 25.2 Å².